The summed E-state index contributed by atoms with van der Waals surface area (Å²) in [6.45, 7) is 6.72. The first-order valence-electron chi connectivity index (χ1n) is 10.1. The van der Waals surface area contributed by atoms with E-state index in [1.54, 1.807) is 18.2 Å². The molecule has 0 atom stereocenters. The number of urea groups is 1. The number of oxime groups is 1. The van der Waals surface area contributed by atoms with Crippen molar-refractivity contribution in [2.45, 2.75) is 6.92 Å². The Hall–Kier alpha value is -3.15. The second-order valence-corrected chi connectivity index (χ2v) is 7.13. The molecule has 0 aliphatic carbocycles. The maximum absolute atomic E-state index is 11.7. The number of nitrogens with one attached hydrogen (secondary N) is 2. The van der Waals surface area contributed by atoms with Crippen molar-refractivity contribution in [1.29, 1.82) is 0 Å². The lowest BCUT2D eigenvalue weighted by Crippen LogP contribution is -2.38. The van der Waals surface area contributed by atoms with Crippen LogP contribution in [0.2, 0.25) is 5.02 Å². The number of ether oxygens (including phenoxy) is 2. The summed E-state index contributed by atoms with van der Waals surface area (Å²) in [7, 11) is 0. The van der Waals surface area contributed by atoms with E-state index in [2.05, 4.69) is 30.7 Å². The number of hydrogen-bond donors (Lipinski definition) is 3. The third-order valence-corrected chi connectivity index (χ3v) is 4.79. The van der Waals surface area contributed by atoms with Crippen LogP contribution in [0.5, 0.6) is 11.6 Å². The molecule has 0 bridgehead atoms. The van der Waals surface area contributed by atoms with E-state index in [0.717, 1.165) is 32.8 Å². The summed E-state index contributed by atoms with van der Waals surface area (Å²) in [6, 6.07) is 4.48. The minimum atomic E-state index is -0.348. The zero-order valence-electron chi connectivity index (χ0n) is 17.7. The number of anilines is 2. The Morgan fingerprint density at radius 2 is 2.19 bits per heavy atom. The van der Waals surface area contributed by atoms with Gasteiger partial charge in [-0.05, 0) is 19.1 Å². The fourth-order valence-corrected chi connectivity index (χ4v) is 3.05. The highest BCUT2D eigenvalue weighted by atomic mass is 35.5. The van der Waals surface area contributed by atoms with Crippen molar-refractivity contribution in [2.75, 3.05) is 57.1 Å². The molecule has 11 nitrogen and oxygen atoms in total. The Labute approximate surface area is 190 Å². The molecular weight excluding hydrogens is 438 g/mol. The molecular formula is C20H26ClN7O4. The van der Waals surface area contributed by atoms with Crippen LogP contribution in [0.15, 0.2) is 29.7 Å². The summed E-state index contributed by atoms with van der Waals surface area (Å²) in [5.74, 6) is 0.784. The number of amides is 2. The fourth-order valence-electron chi connectivity index (χ4n) is 2.83. The largest absolute Gasteiger partial charge is 0.438 e. The number of morpholine rings is 1. The zero-order valence-corrected chi connectivity index (χ0v) is 18.5. The van der Waals surface area contributed by atoms with Gasteiger partial charge in [0.05, 0.1) is 30.1 Å². The number of hydrogen-bond acceptors (Lipinski definition) is 9. The molecule has 3 rings (SSSR count). The SMILES string of the molecule is CCNC(=O)Nc1ccc(Oc2ncnc(N)c2C=NOCCN2CCOCC2)cc1Cl. The third kappa shape index (κ3) is 6.94. The number of benzene rings is 1. The number of halogens is 1. The topological polar surface area (TPSA) is 136 Å². The van der Waals surface area contributed by atoms with Crippen molar-refractivity contribution < 1.29 is 19.1 Å². The third-order valence-electron chi connectivity index (χ3n) is 4.48. The smallest absolute Gasteiger partial charge is 0.319 e. The molecule has 32 heavy (non-hydrogen) atoms. The number of aromatic nitrogens is 2. The highest BCUT2D eigenvalue weighted by Gasteiger charge is 2.13. The first-order valence-corrected chi connectivity index (χ1v) is 10.5. The number of carbonyl (C=O) groups is 1. The van der Waals surface area contributed by atoms with Gasteiger partial charge in [0.15, 0.2) is 0 Å². The molecule has 1 aromatic carbocycles. The van der Waals surface area contributed by atoms with Crippen LogP contribution in [0, 0.1) is 0 Å². The Morgan fingerprint density at radius 1 is 1.38 bits per heavy atom. The Bertz CT molecular complexity index is 938. The van der Waals surface area contributed by atoms with Gasteiger partial charge in [-0.3, -0.25) is 4.90 Å². The molecule has 0 radical (unpaired) electrons. The number of nitrogen functional groups attached to an aromatic ring is 1. The molecule has 0 saturated carbocycles. The second-order valence-electron chi connectivity index (χ2n) is 6.73. The van der Waals surface area contributed by atoms with E-state index in [0.29, 0.717) is 35.2 Å². The van der Waals surface area contributed by atoms with Gasteiger partial charge in [0.25, 0.3) is 0 Å². The van der Waals surface area contributed by atoms with E-state index in [4.69, 9.17) is 31.6 Å². The molecule has 172 valence electrons. The normalized spacial score (nSPS) is 14.3. The van der Waals surface area contributed by atoms with Crippen molar-refractivity contribution >= 4 is 35.4 Å². The van der Waals surface area contributed by atoms with E-state index in [1.165, 1.54) is 12.5 Å². The second kappa shape index (κ2) is 12.0. The van der Waals surface area contributed by atoms with Crippen molar-refractivity contribution in [2.24, 2.45) is 5.16 Å². The summed E-state index contributed by atoms with van der Waals surface area (Å²) >= 11 is 6.26. The molecule has 2 aromatic rings. The first-order chi connectivity index (χ1) is 15.6. The molecule has 12 heteroatoms. The van der Waals surface area contributed by atoms with E-state index in [1.807, 2.05) is 6.92 Å². The molecule has 1 fully saturated rings. The summed E-state index contributed by atoms with van der Waals surface area (Å²) in [6.07, 6.45) is 2.70. The van der Waals surface area contributed by atoms with Crippen LogP contribution in [-0.2, 0) is 9.57 Å². The van der Waals surface area contributed by atoms with Gasteiger partial charge < -0.3 is 30.7 Å². The summed E-state index contributed by atoms with van der Waals surface area (Å²) < 4.78 is 11.1. The first kappa shape index (κ1) is 23.5. The predicted molar refractivity (Wildman–Crippen MR) is 121 cm³/mol. The quantitative estimate of drug-likeness (QED) is 0.293. The molecule has 0 spiro atoms. The van der Waals surface area contributed by atoms with Crippen molar-refractivity contribution in [3.63, 3.8) is 0 Å². The zero-order chi connectivity index (χ0) is 22.8. The van der Waals surface area contributed by atoms with Gasteiger partial charge in [0.2, 0.25) is 5.88 Å². The van der Waals surface area contributed by atoms with E-state index >= 15 is 0 Å². The Kier molecular flexibility index (Phi) is 8.84. The van der Waals surface area contributed by atoms with Crippen LogP contribution in [0.1, 0.15) is 12.5 Å². The van der Waals surface area contributed by atoms with Crippen LogP contribution < -0.4 is 21.1 Å². The molecule has 1 aliphatic rings. The lowest BCUT2D eigenvalue weighted by molar-refractivity contribution is 0.0214. The van der Waals surface area contributed by atoms with Crippen LogP contribution in [-0.4, -0.2) is 73.1 Å². The Balaban J connectivity index is 1.61. The Morgan fingerprint density at radius 3 is 2.94 bits per heavy atom. The van der Waals surface area contributed by atoms with Crippen molar-refractivity contribution in [3.8, 4) is 11.6 Å². The average Bonchev–Trinajstić information content (AvgIpc) is 2.78. The number of nitrogens with zero attached hydrogens (tertiary/aromatic N) is 4. The van der Waals surface area contributed by atoms with Crippen molar-refractivity contribution in [3.05, 3.63) is 35.1 Å². The molecule has 1 aliphatic heterocycles. The van der Waals surface area contributed by atoms with Gasteiger partial charge >= 0.3 is 6.03 Å². The van der Waals surface area contributed by atoms with Gasteiger partial charge in [-0.25, -0.2) is 14.8 Å². The molecule has 2 amide bonds. The average molecular weight is 464 g/mol. The predicted octanol–water partition coefficient (Wildman–Crippen LogP) is 2.33. The molecule has 4 N–H and O–H groups in total. The number of nitrogens with two attached hydrogens (primary N) is 1. The van der Waals surface area contributed by atoms with Gasteiger partial charge in [0.1, 0.15) is 30.1 Å². The fraction of sp³-hybridized carbons (Fsp3) is 0.400. The van der Waals surface area contributed by atoms with Crippen molar-refractivity contribution in [1.82, 2.24) is 20.2 Å². The lowest BCUT2D eigenvalue weighted by Gasteiger charge is -2.25. The van der Waals surface area contributed by atoms with Gasteiger partial charge in [-0.15, -0.1) is 0 Å². The minimum Gasteiger partial charge on any atom is -0.438 e. The van der Waals surface area contributed by atoms with Gasteiger partial charge in [-0.2, -0.15) is 0 Å². The van der Waals surface area contributed by atoms with Crippen LogP contribution >= 0.6 is 11.6 Å². The van der Waals surface area contributed by atoms with E-state index in [9.17, 15) is 4.79 Å². The summed E-state index contributed by atoms with van der Waals surface area (Å²) in [5, 5.41) is 9.56. The van der Waals surface area contributed by atoms with Crippen LogP contribution in [0.25, 0.3) is 0 Å². The monoisotopic (exact) mass is 463 g/mol. The van der Waals surface area contributed by atoms with E-state index < -0.39 is 0 Å². The summed E-state index contributed by atoms with van der Waals surface area (Å²) in [5.41, 5.74) is 6.78. The van der Waals surface area contributed by atoms with E-state index in [-0.39, 0.29) is 17.7 Å². The molecule has 0 unspecified atom stereocenters. The molecule has 1 saturated heterocycles. The van der Waals surface area contributed by atoms with Crippen LogP contribution in [0.4, 0.5) is 16.3 Å². The maximum Gasteiger partial charge on any atom is 0.319 e. The molecule has 2 heterocycles. The number of carbonyl (C=O) groups excluding carboxylic acids is 1. The highest BCUT2D eigenvalue weighted by molar-refractivity contribution is 6.33. The highest BCUT2D eigenvalue weighted by Crippen LogP contribution is 2.30. The van der Waals surface area contributed by atoms with Gasteiger partial charge in [0, 0.05) is 32.2 Å². The number of rotatable bonds is 9. The van der Waals surface area contributed by atoms with Crippen LogP contribution in [0.3, 0.4) is 0 Å². The minimum absolute atomic E-state index is 0.191. The summed E-state index contributed by atoms with van der Waals surface area (Å²) in [4.78, 5) is 27.4. The molecule has 1 aromatic heterocycles. The lowest BCUT2D eigenvalue weighted by atomic mass is 10.3. The maximum atomic E-state index is 11.7. The van der Waals surface area contributed by atoms with Gasteiger partial charge in [-0.1, -0.05) is 16.8 Å². The standard InChI is InChI=1S/C20H26ClN7O4/c1-2-23-20(29)27-17-4-3-14(11-16(17)21)32-19-15(18(22)24-13-25-19)12-26-31-10-7-28-5-8-30-9-6-28/h3-4,11-13H,2,5-10H2,1H3,(H2,22,24,25)(H2,23,27,29).